The van der Waals surface area contributed by atoms with Gasteiger partial charge in [-0.25, -0.2) is 9.82 Å². The molecule has 3 aromatic rings. The van der Waals surface area contributed by atoms with E-state index in [1.807, 2.05) is 18.2 Å². The summed E-state index contributed by atoms with van der Waals surface area (Å²) < 4.78 is 24.1. The maximum atomic E-state index is 12.9. The molecule has 30 heavy (non-hydrogen) atoms. The second-order valence-corrected chi connectivity index (χ2v) is 6.79. The van der Waals surface area contributed by atoms with Crippen LogP contribution in [0.1, 0.15) is 16.7 Å². The minimum atomic E-state index is -0.342. The minimum absolute atomic E-state index is 0.107. The first-order valence-corrected chi connectivity index (χ1v) is 9.53. The van der Waals surface area contributed by atoms with Gasteiger partial charge >= 0.3 is 0 Å². The lowest BCUT2D eigenvalue weighted by Gasteiger charge is -2.12. The number of carbonyl (C=O) groups is 1. The number of ether oxygens (including phenoxy) is 2. The van der Waals surface area contributed by atoms with Crippen LogP contribution in [0.4, 0.5) is 4.39 Å². The molecule has 1 N–H and O–H groups in total. The van der Waals surface area contributed by atoms with Crippen molar-refractivity contribution in [2.75, 3.05) is 7.11 Å². The van der Waals surface area contributed by atoms with Crippen LogP contribution >= 0.6 is 11.6 Å². The van der Waals surface area contributed by atoms with E-state index in [0.717, 1.165) is 11.1 Å². The van der Waals surface area contributed by atoms with E-state index in [0.29, 0.717) is 28.7 Å². The monoisotopic (exact) mass is 426 g/mol. The van der Waals surface area contributed by atoms with Crippen LogP contribution in [-0.4, -0.2) is 19.2 Å². The van der Waals surface area contributed by atoms with Crippen LogP contribution in [0.5, 0.6) is 11.5 Å². The summed E-state index contributed by atoms with van der Waals surface area (Å²) in [4.78, 5) is 11.9. The number of rotatable bonds is 8. The van der Waals surface area contributed by atoms with Crippen molar-refractivity contribution in [3.63, 3.8) is 0 Å². The highest BCUT2D eigenvalue weighted by Crippen LogP contribution is 2.29. The molecule has 5 nitrogen and oxygen atoms in total. The molecule has 0 bridgehead atoms. The highest BCUT2D eigenvalue weighted by atomic mass is 35.5. The molecule has 0 fully saturated rings. The second-order valence-electron chi connectivity index (χ2n) is 6.39. The van der Waals surface area contributed by atoms with Gasteiger partial charge in [-0.1, -0.05) is 41.9 Å². The summed E-state index contributed by atoms with van der Waals surface area (Å²) in [6.07, 6.45) is 1.61. The second kappa shape index (κ2) is 10.4. The van der Waals surface area contributed by atoms with Crippen LogP contribution in [0.2, 0.25) is 5.02 Å². The van der Waals surface area contributed by atoms with Crippen molar-refractivity contribution in [3.05, 3.63) is 94.3 Å². The van der Waals surface area contributed by atoms with Crippen molar-refractivity contribution in [2.24, 2.45) is 5.10 Å². The van der Waals surface area contributed by atoms with Gasteiger partial charge < -0.3 is 9.47 Å². The first kappa shape index (κ1) is 21.3. The van der Waals surface area contributed by atoms with Crippen LogP contribution in [0.25, 0.3) is 0 Å². The van der Waals surface area contributed by atoms with Gasteiger partial charge in [-0.2, -0.15) is 5.10 Å². The molecule has 0 atom stereocenters. The molecule has 0 saturated heterocycles. The summed E-state index contributed by atoms with van der Waals surface area (Å²) in [7, 11) is 1.54. The van der Waals surface area contributed by atoms with Gasteiger partial charge in [0.05, 0.1) is 19.7 Å². The lowest BCUT2D eigenvalue weighted by Crippen LogP contribution is -2.19. The highest BCUT2D eigenvalue weighted by molar-refractivity contribution is 6.31. The van der Waals surface area contributed by atoms with Gasteiger partial charge in [0.1, 0.15) is 12.4 Å². The third-order valence-electron chi connectivity index (χ3n) is 4.21. The van der Waals surface area contributed by atoms with E-state index in [9.17, 15) is 9.18 Å². The zero-order valence-electron chi connectivity index (χ0n) is 16.3. The molecular formula is C23H20ClFN2O3. The number of carbonyl (C=O) groups excluding carboxylic acids is 1. The average Bonchev–Trinajstić information content (AvgIpc) is 2.75. The fourth-order valence-corrected chi connectivity index (χ4v) is 2.85. The minimum Gasteiger partial charge on any atom is -0.493 e. The Labute approximate surface area is 179 Å². The fraction of sp³-hybridized carbons (Fsp3) is 0.130. The van der Waals surface area contributed by atoms with E-state index in [-0.39, 0.29) is 18.1 Å². The Morgan fingerprint density at radius 1 is 1.10 bits per heavy atom. The van der Waals surface area contributed by atoms with Crippen molar-refractivity contribution < 1.29 is 18.7 Å². The number of hydrogen-bond donors (Lipinski definition) is 1. The van der Waals surface area contributed by atoms with Gasteiger partial charge in [-0.05, 0) is 47.5 Å². The van der Waals surface area contributed by atoms with Crippen LogP contribution in [0, 0.1) is 5.82 Å². The summed E-state index contributed by atoms with van der Waals surface area (Å²) in [6, 6.07) is 18.5. The average molecular weight is 427 g/mol. The number of nitrogens with zero attached hydrogens (tertiary/aromatic N) is 1. The zero-order valence-corrected chi connectivity index (χ0v) is 17.0. The Bertz CT molecular complexity index is 1040. The third kappa shape index (κ3) is 6.06. The summed E-state index contributed by atoms with van der Waals surface area (Å²) >= 11 is 6.15. The van der Waals surface area contributed by atoms with Crippen LogP contribution in [-0.2, 0) is 17.8 Å². The maximum absolute atomic E-state index is 12.9. The van der Waals surface area contributed by atoms with Crippen molar-refractivity contribution in [1.82, 2.24) is 5.43 Å². The summed E-state index contributed by atoms with van der Waals surface area (Å²) in [5.41, 5.74) is 4.74. The van der Waals surface area contributed by atoms with Gasteiger partial charge in [0.2, 0.25) is 5.91 Å². The number of hydrazone groups is 1. The molecule has 0 heterocycles. The molecule has 7 heteroatoms. The lowest BCUT2D eigenvalue weighted by molar-refractivity contribution is -0.120. The number of amides is 1. The van der Waals surface area contributed by atoms with Gasteiger partial charge in [0.15, 0.2) is 11.5 Å². The zero-order chi connectivity index (χ0) is 21.3. The van der Waals surface area contributed by atoms with Crippen LogP contribution in [0.15, 0.2) is 71.8 Å². The number of halogens is 2. The number of methoxy groups -OCH3 is 1. The maximum Gasteiger partial charge on any atom is 0.244 e. The molecule has 1 amide bonds. The Kier molecular flexibility index (Phi) is 7.40. The Morgan fingerprint density at radius 3 is 2.60 bits per heavy atom. The van der Waals surface area contributed by atoms with E-state index in [1.54, 1.807) is 43.5 Å². The quantitative estimate of drug-likeness (QED) is 0.417. The third-order valence-corrected chi connectivity index (χ3v) is 4.58. The molecule has 0 unspecified atom stereocenters. The number of nitrogens with one attached hydrogen (secondary N) is 1. The van der Waals surface area contributed by atoms with E-state index >= 15 is 0 Å². The van der Waals surface area contributed by atoms with E-state index in [2.05, 4.69) is 10.5 Å². The Morgan fingerprint density at radius 2 is 1.87 bits per heavy atom. The summed E-state index contributed by atoms with van der Waals surface area (Å²) in [6.45, 7) is 0.308. The summed E-state index contributed by atoms with van der Waals surface area (Å²) in [5, 5.41) is 4.59. The van der Waals surface area contributed by atoms with Gasteiger partial charge in [0, 0.05) is 10.6 Å². The molecule has 0 saturated carbocycles. The fourth-order valence-electron chi connectivity index (χ4n) is 2.66. The van der Waals surface area contributed by atoms with E-state index in [1.165, 1.54) is 18.3 Å². The van der Waals surface area contributed by atoms with Gasteiger partial charge in [-0.15, -0.1) is 0 Å². The molecule has 154 valence electrons. The normalized spacial score (nSPS) is 10.8. The molecular weight excluding hydrogens is 407 g/mol. The molecule has 0 aromatic heterocycles. The van der Waals surface area contributed by atoms with E-state index in [4.69, 9.17) is 21.1 Å². The highest BCUT2D eigenvalue weighted by Gasteiger charge is 2.07. The molecule has 3 rings (SSSR count). The Balaban J connectivity index is 1.57. The number of hydrogen-bond acceptors (Lipinski definition) is 4. The van der Waals surface area contributed by atoms with E-state index < -0.39 is 0 Å². The molecule has 3 aromatic carbocycles. The first-order valence-electron chi connectivity index (χ1n) is 9.16. The lowest BCUT2D eigenvalue weighted by atomic mass is 10.1. The Hall–Kier alpha value is -3.38. The molecule has 0 spiro atoms. The SMILES string of the molecule is COc1cc(/C=N/NC(=O)Cc2ccc(F)cc2)ccc1OCc1ccccc1Cl. The standard InChI is InChI=1S/C23H20ClFN2O3/c1-29-22-12-17(8-11-21(22)30-15-18-4-2-3-5-20(18)24)14-26-27-23(28)13-16-6-9-19(25)10-7-16/h2-12,14H,13,15H2,1H3,(H,27,28)/b26-14+. The van der Waals surface area contributed by atoms with Crippen molar-refractivity contribution >= 4 is 23.7 Å². The van der Waals surface area contributed by atoms with Gasteiger partial charge in [0.25, 0.3) is 0 Å². The molecule has 0 aliphatic rings. The van der Waals surface area contributed by atoms with Crippen LogP contribution < -0.4 is 14.9 Å². The molecule has 0 radical (unpaired) electrons. The molecule has 0 aliphatic heterocycles. The van der Waals surface area contributed by atoms with Crippen molar-refractivity contribution in [3.8, 4) is 11.5 Å². The van der Waals surface area contributed by atoms with Gasteiger partial charge in [-0.3, -0.25) is 4.79 Å². The largest absolute Gasteiger partial charge is 0.493 e. The predicted octanol–water partition coefficient (Wildman–Crippen LogP) is 4.76. The number of benzene rings is 3. The first-order chi connectivity index (χ1) is 14.5. The topological polar surface area (TPSA) is 59.9 Å². The predicted molar refractivity (Wildman–Crippen MR) is 115 cm³/mol. The van der Waals surface area contributed by atoms with Crippen LogP contribution in [0.3, 0.4) is 0 Å². The smallest absolute Gasteiger partial charge is 0.244 e. The summed E-state index contributed by atoms with van der Waals surface area (Å²) in [5.74, 6) is 0.452. The van der Waals surface area contributed by atoms with Crippen molar-refractivity contribution in [1.29, 1.82) is 0 Å². The molecule has 0 aliphatic carbocycles. The van der Waals surface area contributed by atoms with Crippen molar-refractivity contribution in [2.45, 2.75) is 13.0 Å².